The Kier molecular flexibility index (Phi) is 14.7. The van der Waals surface area contributed by atoms with Crippen LogP contribution in [0.15, 0.2) is 0 Å². The van der Waals surface area contributed by atoms with Crippen molar-refractivity contribution >= 4 is 0 Å². The molecule has 0 fully saturated rings. The van der Waals surface area contributed by atoms with Crippen LogP contribution in [0.2, 0.25) is 0 Å². The Bertz CT molecular complexity index is 48.5. The van der Waals surface area contributed by atoms with E-state index in [-0.39, 0.29) is 0 Å². The van der Waals surface area contributed by atoms with Crippen molar-refractivity contribution in [3.8, 4) is 0 Å². The number of rotatable bonds is 4. The second-order valence-electron chi connectivity index (χ2n) is 1.89. The Labute approximate surface area is 65.2 Å². The molecule has 0 unspecified atom stereocenters. The van der Waals surface area contributed by atoms with Crippen LogP contribution in [-0.4, -0.2) is 38.8 Å². The van der Waals surface area contributed by atoms with Gasteiger partial charge >= 0.3 is 0 Å². The van der Waals surface area contributed by atoms with E-state index < -0.39 is 0 Å². The molecule has 0 atom stereocenters. The Balaban J connectivity index is 0. The first-order valence-electron chi connectivity index (χ1n) is 3.98. The van der Waals surface area contributed by atoms with Crippen molar-refractivity contribution in [3.05, 3.63) is 0 Å². The molecule has 0 heterocycles. The lowest BCUT2D eigenvalue weighted by atomic mass is 10.5. The summed E-state index contributed by atoms with van der Waals surface area (Å²) in [5, 5.41) is 0. The molecular weight excluding hydrogens is 126 g/mol. The monoisotopic (exact) mass is 147 g/mol. The Morgan fingerprint density at radius 3 is 2.10 bits per heavy atom. The number of methoxy groups -OCH3 is 1. The summed E-state index contributed by atoms with van der Waals surface area (Å²) in [6.07, 6.45) is 0. The van der Waals surface area contributed by atoms with Crippen LogP contribution in [0.3, 0.4) is 0 Å². The fourth-order valence-electron chi connectivity index (χ4n) is 0.405. The minimum absolute atomic E-state index is 0.838. The van der Waals surface area contributed by atoms with E-state index in [2.05, 4.69) is 18.9 Å². The number of nitrogens with zero attached hydrogens (tertiary/aromatic N) is 1. The SMILES string of the molecule is CC.CCN(C)CCOC. The van der Waals surface area contributed by atoms with Gasteiger partial charge in [-0.3, -0.25) is 0 Å². The van der Waals surface area contributed by atoms with Gasteiger partial charge in [-0.2, -0.15) is 0 Å². The fourth-order valence-corrected chi connectivity index (χ4v) is 0.405. The van der Waals surface area contributed by atoms with E-state index in [4.69, 9.17) is 4.74 Å². The van der Waals surface area contributed by atoms with Crippen molar-refractivity contribution in [2.75, 3.05) is 33.9 Å². The van der Waals surface area contributed by atoms with Gasteiger partial charge in [-0.25, -0.2) is 0 Å². The lowest BCUT2D eigenvalue weighted by Gasteiger charge is -2.11. The topological polar surface area (TPSA) is 12.5 Å². The van der Waals surface area contributed by atoms with Crippen LogP contribution in [0.4, 0.5) is 0 Å². The zero-order valence-corrected chi connectivity index (χ0v) is 7.98. The van der Waals surface area contributed by atoms with E-state index in [1.165, 1.54) is 0 Å². The Morgan fingerprint density at radius 1 is 1.30 bits per heavy atom. The van der Waals surface area contributed by atoms with Crippen molar-refractivity contribution in [1.29, 1.82) is 0 Å². The number of likely N-dealkylation sites (N-methyl/N-ethyl adjacent to an activating group) is 1. The summed E-state index contributed by atoms with van der Waals surface area (Å²) in [7, 11) is 3.81. The van der Waals surface area contributed by atoms with E-state index in [0.717, 1.165) is 19.7 Å². The molecule has 0 aliphatic carbocycles. The molecule has 2 nitrogen and oxygen atoms in total. The summed E-state index contributed by atoms with van der Waals surface area (Å²) in [5.41, 5.74) is 0. The molecule has 10 heavy (non-hydrogen) atoms. The smallest absolute Gasteiger partial charge is 0.0589 e. The van der Waals surface area contributed by atoms with Gasteiger partial charge < -0.3 is 9.64 Å². The molecule has 0 aromatic carbocycles. The zero-order valence-electron chi connectivity index (χ0n) is 7.98. The predicted octanol–water partition coefficient (Wildman–Crippen LogP) is 1.61. The second kappa shape index (κ2) is 11.7. The van der Waals surface area contributed by atoms with Crippen LogP contribution in [0.5, 0.6) is 0 Å². The summed E-state index contributed by atoms with van der Waals surface area (Å²) in [4.78, 5) is 2.21. The van der Waals surface area contributed by atoms with Crippen LogP contribution in [0, 0.1) is 0 Å². The first-order valence-corrected chi connectivity index (χ1v) is 3.98. The van der Waals surface area contributed by atoms with Gasteiger partial charge in [-0.05, 0) is 13.6 Å². The van der Waals surface area contributed by atoms with E-state index >= 15 is 0 Å². The average molecular weight is 147 g/mol. The number of hydrogen-bond donors (Lipinski definition) is 0. The third-order valence-electron chi connectivity index (χ3n) is 1.22. The maximum absolute atomic E-state index is 4.87. The molecule has 0 N–H and O–H groups in total. The van der Waals surface area contributed by atoms with Crippen LogP contribution in [0.25, 0.3) is 0 Å². The summed E-state index contributed by atoms with van der Waals surface area (Å²) >= 11 is 0. The summed E-state index contributed by atoms with van der Waals surface area (Å²) in [6, 6.07) is 0. The normalized spacial score (nSPS) is 9.00. The highest BCUT2D eigenvalue weighted by Crippen LogP contribution is 1.78. The molecule has 0 bridgehead atoms. The van der Waals surface area contributed by atoms with Crippen LogP contribution >= 0.6 is 0 Å². The highest BCUT2D eigenvalue weighted by Gasteiger charge is 1.89. The van der Waals surface area contributed by atoms with Gasteiger partial charge in [0.05, 0.1) is 6.61 Å². The largest absolute Gasteiger partial charge is 0.383 e. The molecule has 0 aromatic heterocycles. The van der Waals surface area contributed by atoms with Gasteiger partial charge in [-0.15, -0.1) is 0 Å². The molecule has 64 valence electrons. The van der Waals surface area contributed by atoms with Crippen molar-refractivity contribution in [1.82, 2.24) is 4.90 Å². The molecule has 0 rings (SSSR count). The number of hydrogen-bond acceptors (Lipinski definition) is 2. The van der Waals surface area contributed by atoms with Gasteiger partial charge in [0.1, 0.15) is 0 Å². The zero-order chi connectivity index (χ0) is 8.41. The molecule has 0 aliphatic rings. The maximum Gasteiger partial charge on any atom is 0.0589 e. The second-order valence-corrected chi connectivity index (χ2v) is 1.89. The molecular formula is C8H21NO. The minimum Gasteiger partial charge on any atom is -0.383 e. The Hall–Kier alpha value is -0.0800. The predicted molar refractivity (Wildman–Crippen MR) is 46.4 cm³/mol. The molecule has 2 heteroatoms. The maximum atomic E-state index is 4.87. The van der Waals surface area contributed by atoms with Crippen LogP contribution in [-0.2, 0) is 4.74 Å². The minimum atomic E-state index is 0.838. The third-order valence-corrected chi connectivity index (χ3v) is 1.22. The van der Waals surface area contributed by atoms with Crippen molar-refractivity contribution in [2.45, 2.75) is 20.8 Å². The first kappa shape index (κ1) is 12.6. The molecule has 0 saturated heterocycles. The van der Waals surface area contributed by atoms with E-state index in [9.17, 15) is 0 Å². The molecule has 0 amide bonds. The standard InChI is InChI=1S/C6H15NO.C2H6/c1-4-7(2)5-6-8-3;1-2/h4-6H2,1-3H3;1-2H3. The van der Waals surface area contributed by atoms with E-state index in [1.807, 2.05) is 13.8 Å². The van der Waals surface area contributed by atoms with Gasteiger partial charge in [-0.1, -0.05) is 20.8 Å². The van der Waals surface area contributed by atoms with E-state index in [0.29, 0.717) is 0 Å². The summed E-state index contributed by atoms with van der Waals surface area (Å²) in [5.74, 6) is 0. The fraction of sp³-hybridized carbons (Fsp3) is 1.00. The van der Waals surface area contributed by atoms with Gasteiger partial charge in [0.25, 0.3) is 0 Å². The highest BCUT2D eigenvalue weighted by molar-refractivity contribution is 4.42. The third kappa shape index (κ3) is 10.8. The highest BCUT2D eigenvalue weighted by atomic mass is 16.5. The van der Waals surface area contributed by atoms with Gasteiger partial charge in [0.15, 0.2) is 0 Å². The lowest BCUT2D eigenvalue weighted by Crippen LogP contribution is -2.21. The van der Waals surface area contributed by atoms with Gasteiger partial charge in [0.2, 0.25) is 0 Å². The molecule has 0 aromatic rings. The summed E-state index contributed by atoms with van der Waals surface area (Å²) in [6.45, 7) is 9.11. The molecule has 0 radical (unpaired) electrons. The first-order chi connectivity index (χ1) is 4.81. The molecule has 0 saturated carbocycles. The van der Waals surface area contributed by atoms with Crippen LogP contribution in [0.1, 0.15) is 20.8 Å². The average Bonchev–Trinajstić information content (AvgIpc) is 2.04. The van der Waals surface area contributed by atoms with Crippen molar-refractivity contribution in [2.24, 2.45) is 0 Å². The quantitative estimate of drug-likeness (QED) is 0.599. The van der Waals surface area contributed by atoms with E-state index in [1.54, 1.807) is 7.11 Å². The van der Waals surface area contributed by atoms with Crippen molar-refractivity contribution in [3.63, 3.8) is 0 Å². The lowest BCUT2D eigenvalue weighted by molar-refractivity contribution is 0.164. The van der Waals surface area contributed by atoms with Crippen LogP contribution < -0.4 is 0 Å². The number of ether oxygens (including phenoxy) is 1. The molecule has 0 aliphatic heterocycles. The molecule has 0 spiro atoms. The van der Waals surface area contributed by atoms with Gasteiger partial charge in [0, 0.05) is 13.7 Å². The van der Waals surface area contributed by atoms with Crippen molar-refractivity contribution < 1.29 is 4.74 Å². The Morgan fingerprint density at radius 2 is 1.80 bits per heavy atom. The summed E-state index contributed by atoms with van der Waals surface area (Å²) < 4.78 is 4.87.